The largest absolute Gasteiger partial charge is 0.467 e. The van der Waals surface area contributed by atoms with E-state index in [4.69, 9.17) is 0 Å². The minimum atomic E-state index is -1.81. The molecule has 1 aliphatic heterocycles. The first-order valence-corrected chi connectivity index (χ1v) is 5.22. The number of nitrogens with zero attached hydrogens (tertiary/aromatic N) is 1. The van der Waals surface area contributed by atoms with Gasteiger partial charge in [0.2, 0.25) is 5.54 Å². The molecule has 1 aliphatic rings. The molecular weight excluding hydrogens is 242 g/mol. The van der Waals surface area contributed by atoms with Crippen LogP contribution < -0.4 is 0 Å². The topological polar surface area (TPSA) is 82.1 Å². The van der Waals surface area contributed by atoms with Crippen LogP contribution >= 0.6 is 0 Å². The molecule has 1 rings (SSSR count). The summed E-state index contributed by atoms with van der Waals surface area (Å²) >= 11 is 0. The fraction of sp³-hybridized carbons (Fsp3) is 0.545. The van der Waals surface area contributed by atoms with E-state index in [0.717, 1.165) is 19.1 Å². The van der Waals surface area contributed by atoms with Crippen molar-refractivity contribution in [3.63, 3.8) is 0 Å². The van der Waals surface area contributed by atoms with Crippen LogP contribution in [0.4, 0.5) is 4.79 Å². The monoisotopic (exact) mass is 257 g/mol. The molecule has 0 aromatic heterocycles. The van der Waals surface area contributed by atoms with E-state index in [9.17, 15) is 14.4 Å². The Bertz CT molecular complexity index is 373. The van der Waals surface area contributed by atoms with Crippen LogP contribution in [0.5, 0.6) is 0 Å². The van der Waals surface area contributed by atoms with Crippen molar-refractivity contribution in [1.82, 2.24) is 4.90 Å². The normalized spacial score (nSPS) is 16.9. The smallest absolute Gasteiger partial charge is 0.411 e. The van der Waals surface area contributed by atoms with Gasteiger partial charge in [-0.3, -0.25) is 4.90 Å². The molecule has 1 amide bonds. The highest BCUT2D eigenvalue weighted by atomic mass is 16.6. The van der Waals surface area contributed by atoms with E-state index in [-0.39, 0.29) is 13.0 Å². The quantitative estimate of drug-likeness (QED) is 0.302. The highest BCUT2D eigenvalue weighted by Gasteiger charge is 2.56. The van der Waals surface area contributed by atoms with Crippen molar-refractivity contribution in [1.29, 1.82) is 0 Å². The molecule has 7 nitrogen and oxygen atoms in total. The van der Waals surface area contributed by atoms with Crippen molar-refractivity contribution in [2.45, 2.75) is 12.0 Å². The zero-order chi connectivity index (χ0) is 13.8. The molecule has 0 saturated heterocycles. The summed E-state index contributed by atoms with van der Waals surface area (Å²) in [5.41, 5.74) is -1.81. The van der Waals surface area contributed by atoms with Crippen molar-refractivity contribution in [2.24, 2.45) is 0 Å². The third-order valence-electron chi connectivity index (χ3n) is 2.77. The van der Waals surface area contributed by atoms with Crippen molar-refractivity contribution < 1.29 is 28.6 Å². The highest BCUT2D eigenvalue weighted by Crippen LogP contribution is 2.28. The Hall–Kier alpha value is -2.05. The van der Waals surface area contributed by atoms with Gasteiger partial charge in [0.1, 0.15) is 0 Å². The summed E-state index contributed by atoms with van der Waals surface area (Å²) in [7, 11) is 3.45. The summed E-state index contributed by atoms with van der Waals surface area (Å²) < 4.78 is 13.8. The lowest BCUT2D eigenvalue weighted by molar-refractivity contribution is -0.170. The standard InChI is InChI=1S/C11H15NO6/c1-16-8(13)11(9(14)17-2)6-4-5-7-12(11)10(15)18-3/h4-5H,6-7H2,1-3H3. The van der Waals surface area contributed by atoms with E-state index in [1.54, 1.807) is 12.2 Å². The molecule has 0 spiro atoms. The third kappa shape index (κ3) is 2.03. The lowest BCUT2D eigenvalue weighted by Crippen LogP contribution is -2.63. The fourth-order valence-corrected chi connectivity index (χ4v) is 1.85. The predicted octanol–water partition coefficient (Wildman–Crippen LogP) is 0.0995. The number of amides is 1. The number of ether oxygens (including phenoxy) is 3. The maximum absolute atomic E-state index is 11.9. The Kier molecular flexibility index (Phi) is 4.30. The Morgan fingerprint density at radius 2 is 1.56 bits per heavy atom. The van der Waals surface area contributed by atoms with Crippen LogP contribution in [-0.2, 0) is 23.8 Å². The van der Waals surface area contributed by atoms with Gasteiger partial charge >= 0.3 is 18.0 Å². The van der Waals surface area contributed by atoms with Gasteiger partial charge in [0.05, 0.1) is 21.3 Å². The molecule has 18 heavy (non-hydrogen) atoms. The van der Waals surface area contributed by atoms with Crippen LogP contribution in [0.1, 0.15) is 6.42 Å². The number of hydrogen-bond acceptors (Lipinski definition) is 6. The van der Waals surface area contributed by atoms with Gasteiger partial charge in [0.15, 0.2) is 0 Å². The molecule has 0 radical (unpaired) electrons. The molecule has 100 valence electrons. The second kappa shape index (κ2) is 5.52. The molecule has 0 N–H and O–H groups in total. The van der Waals surface area contributed by atoms with Crippen LogP contribution in [-0.4, -0.2) is 56.3 Å². The van der Waals surface area contributed by atoms with Crippen LogP contribution in [0.25, 0.3) is 0 Å². The number of esters is 2. The first-order valence-electron chi connectivity index (χ1n) is 5.22. The molecule has 7 heteroatoms. The van der Waals surface area contributed by atoms with Gasteiger partial charge < -0.3 is 14.2 Å². The fourth-order valence-electron chi connectivity index (χ4n) is 1.85. The zero-order valence-electron chi connectivity index (χ0n) is 10.5. The van der Waals surface area contributed by atoms with Crippen molar-refractivity contribution in [3.8, 4) is 0 Å². The van der Waals surface area contributed by atoms with Gasteiger partial charge in [0, 0.05) is 13.0 Å². The Morgan fingerprint density at radius 3 is 2.00 bits per heavy atom. The maximum atomic E-state index is 11.9. The van der Waals surface area contributed by atoms with Crippen LogP contribution in [0.15, 0.2) is 12.2 Å². The number of methoxy groups -OCH3 is 3. The van der Waals surface area contributed by atoms with E-state index in [0.29, 0.717) is 0 Å². The maximum Gasteiger partial charge on any atom is 0.411 e. The molecule has 0 unspecified atom stereocenters. The molecule has 0 aromatic carbocycles. The van der Waals surface area contributed by atoms with Crippen LogP contribution in [0.2, 0.25) is 0 Å². The van der Waals surface area contributed by atoms with Crippen molar-refractivity contribution >= 4 is 18.0 Å². The summed E-state index contributed by atoms with van der Waals surface area (Å²) in [5, 5.41) is 0. The van der Waals surface area contributed by atoms with Gasteiger partial charge in [-0.25, -0.2) is 14.4 Å². The number of carbonyl (C=O) groups is 3. The van der Waals surface area contributed by atoms with Crippen molar-refractivity contribution in [3.05, 3.63) is 12.2 Å². The van der Waals surface area contributed by atoms with Gasteiger partial charge in [-0.15, -0.1) is 0 Å². The Balaban J connectivity index is 3.28. The molecule has 0 bridgehead atoms. The average Bonchev–Trinajstić information content (AvgIpc) is 2.44. The molecular formula is C11H15NO6. The third-order valence-corrected chi connectivity index (χ3v) is 2.77. The van der Waals surface area contributed by atoms with Crippen molar-refractivity contribution in [2.75, 3.05) is 27.9 Å². The minimum absolute atomic E-state index is 0.0125. The van der Waals surface area contributed by atoms with Gasteiger partial charge in [-0.1, -0.05) is 12.2 Å². The van der Waals surface area contributed by atoms with E-state index < -0.39 is 23.6 Å². The summed E-state index contributed by atoms with van der Waals surface area (Å²) in [6, 6.07) is 0. The van der Waals surface area contributed by atoms with Gasteiger partial charge in [-0.2, -0.15) is 0 Å². The first-order chi connectivity index (χ1) is 8.54. The molecule has 0 aliphatic carbocycles. The van der Waals surface area contributed by atoms with E-state index in [1.807, 2.05) is 0 Å². The van der Waals surface area contributed by atoms with Crippen LogP contribution in [0.3, 0.4) is 0 Å². The van der Waals surface area contributed by atoms with E-state index >= 15 is 0 Å². The molecule has 0 fully saturated rings. The summed E-state index contributed by atoms with van der Waals surface area (Å²) in [4.78, 5) is 36.5. The number of hydrogen-bond donors (Lipinski definition) is 0. The summed E-state index contributed by atoms with van der Waals surface area (Å²) in [6.07, 6.45) is 2.46. The minimum Gasteiger partial charge on any atom is -0.467 e. The van der Waals surface area contributed by atoms with Gasteiger partial charge in [-0.05, 0) is 0 Å². The Morgan fingerprint density at radius 1 is 1.00 bits per heavy atom. The first kappa shape index (κ1) is 14.0. The lowest BCUT2D eigenvalue weighted by atomic mass is 9.90. The summed E-state index contributed by atoms with van der Waals surface area (Å²) in [6.45, 7) is 0.0663. The van der Waals surface area contributed by atoms with E-state index in [2.05, 4.69) is 14.2 Å². The van der Waals surface area contributed by atoms with Crippen LogP contribution in [0, 0.1) is 0 Å². The lowest BCUT2D eigenvalue weighted by Gasteiger charge is -2.38. The second-order valence-electron chi connectivity index (χ2n) is 3.60. The number of carbonyl (C=O) groups excluding carboxylic acids is 3. The predicted molar refractivity (Wildman–Crippen MR) is 59.6 cm³/mol. The number of rotatable bonds is 2. The van der Waals surface area contributed by atoms with E-state index in [1.165, 1.54) is 7.11 Å². The molecule has 0 aromatic rings. The summed E-state index contributed by atoms with van der Waals surface area (Å²) in [5.74, 6) is -1.71. The molecule has 1 heterocycles. The second-order valence-corrected chi connectivity index (χ2v) is 3.60. The zero-order valence-corrected chi connectivity index (χ0v) is 10.5. The highest BCUT2D eigenvalue weighted by molar-refractivity contribution is 6.07. The Labute approximate surface area is 104 Å². The molecule has 0 atom stereocenters. The SMILES string of the molecule is COC(=O)N1CC=CCC1(C(=O)OC)C(=O)OC. The average molecular weight is 257 g/mol. The van der Waals surface area contributed by atoms with Gasteiger partial charge in [0.25, 0.3) is 0 Å². The molecule has 0 saturated carbocycles.